The van der Waals surface area contributed by atoms with Gasteiger partial charge in [-0.1, -0.05) is 17.7 Å². The molecule has 0 atom stereocenters. The molecule has 0 saturated heterocycles. The molecule has 1 heterocycles. The third-order valence-electron chi connectivity index (χ3n) is 3.25. The first kappa shape index (κ1) is 15.7. The number of nitrogens with one attached hydrogen (secondary N) is 2. The molecule has 0 bridgehead atoms. The van der Waals surface area contributed by atoms with Gasteiger partial charge in [-0.3, -0.25) is 4.79 Å². The maximum atomic E-state index is 11.9. The van der Waals surface area contributed by atoms with E-state index in [2.05, 4.69) is 22.5 Å². The molecule has 0 aliphatic heterocycles. The first-order valence-electron chi connectivity index (χ1n) is 7.05. The van der Waals surface area contributed by atoms with Crippen LogP contribution in [0, 0.1) is 20.8 Å². The van der Waals surface area contributed by atoms with E-state index in [1.807, 2.05) is 38.1 Å². The van der Waals surface area contributed by atoms with E-state index in [0.29, 0.717) is 12.1 Å². The van der Waals surface area contributed by atoms with E-state index in [4.69, 9.17) is 0 Å². The molecule has 0 saturated carbocycles. The van der Waals surface area contributed by atoms with Gasteiger partial charge in [0.1, 0.15) is 5.01 Å². The number of carbonyl (C=O) groups is 1. The molecule has 0 fully saturated rings. The molecule has 112 valence electrons. The highest BCUT2D eigenvalue weighted by Gasteiger charge is 2.05. The zero-order valence-corrected chi connectivity index (χ0v) is 13.5. The summed E-state index contributed by atoms with van der Waals surface area (Å²) in [5.41, 5.74) is 2.96. The lowest BCUT2D eigenvalue weighted by Gasteiger charge is -2.06. The summed E-state index contributed by atoms with van der Waals surface area (Å²) in [5, 5.41) is 7.29. The average molecular weight is 303 g/mol. The van der Waals surface area contributed by atoms with Gasteiger partial charge in [0.25, 0.3) is 5.91 Å². The lowest BCUT2D eigenvalue weighted by Crippen LogP contribution is -2.31. The molecule has 1 amide bonds. The van der Waals surface area contributed by atoms with Crippen LogP contribution in [0.15, 0.2) is 24.3 Å². The predicted octanol–water partition coefficient (Wildman–Crippen LogP) is 2.59. The molecule has 2 N–H and O–H groups in total. The lowest BCUT2D eigenvalue weighted by molar-refractivity contribution is 0.0954. The Morgan fingerprint density at radius 2 is 1.86 bits per heavy atom. The number of hydrogen-bond donors (Lipinski definition) is 2. The molecule has 1 aromatic carbocycles. The van der Waals surface area contributed by atoms with Gasteiger partial charge < -0.3 is 10.6 Å². The van der Waals surface area contributed by atoms with Crippen molar-refractivity contribution in [2.45, 2.75) is 27.3 Å². The zero-order valence-electron chi connectivity index (χ0n) is 12.7. The molecule has 2 rings (SSSR count). The van der Waals surface area contributed by atoms with Crippen molar-refractivity contribution in [2.75, 3.05) is 13.1 Å². The highest BCUT2D eigenvalue weighted by Crippen LogP contribution is 2.15. The monoisotopic (exact) mass is 303 g/mol. The van der Waals surface area contributed by atoms with E-state index < -0.39 is 0 Å². The van der Waals surface area contributed by atoms with Crippen LogP contribution in [0.3, 0.4) is 0 Å². The highest BCUT2D eigenvalue weighted by molar-refractivity contribution is 7.11. The molecule has 0 spiro atoms. The summed E-state index contributed by atoms with van der Waals surface area (Å²) in [7, 11) is 0. The number of aryl methyl sites for hydroxylation is 3. The van der Waals surface area contributed by atoms with Crippen LogP contribution < -0.4 is 10.6 Å². The zero-order chi connectivity index (χ0) is 15.2. The van der Waals surface area contributed by atoms with Crippen molar-refractivity contribution in [2.24, 2.45) is 0 Å². The third kappa shape index (κ3) is 4.65. The number of rotatable bonds is 6. The van der Waals surface area contributed by atoms with Crippen LogP contribution in [-0.2, 0) is 6.54 Å². The molecule has 0 radical (unpaired) electrons. The number of nitrogens with zero attached hydrogens (tertiary/aromatic N) is 1. The third-order valence-corrected chi connectivity index (χ3v) is 4.32. The number of carbonyl (C=O) groups excluding carboxylic acids is 1. The smallest absolute Gasteiger partial charge is 0.251 e. The van der Waals surface area contributed by atoms with E-state index in [-0.39, 0.29) is 5.91 Å². The Labute approximate surface area is 129 Å². The molecule has 0 aliphatic rings. The summed E-state index contributed by atoms with van der Waals surface area (Å²) >= 11 is 1.72. The van der Waals surface area contributed by atoms with Gasteiger partial charge in [-0.2, -0.15) is 0 Å². The Bertz CT molecular complexity index is 585. The van der Waals surface area contributed by atoms with E-state index in [0.717, 1.165) is 29.4 Å². The maximum absolute atomic E-state index is 11.9. The minimum atomic E-state index is -0.0299. The van der Waals surface area contributed by atoms with Crippen LogP contribution in [-0.4, -0.2) is 24.0 Å². The van der Waals surface area contributed by atoms with Gasteiger partial charge >= 0.3 is 0 Å². The number of benzene rings is 1. The summed E-state index contributed by atoms with van der Waals surface area (Å²) in [5.74, 6) is -0.0299. The molecular formula is C16H21N3OS. The Hall–Kier alpha value is -1.72. The average Bonchev–Trinajstić information content (AvgIpc) is 2.78. The maximum Gasteiger partial charge on any atom is 0.251 e. The van der Waals surface area contributed by atoms with Crippen LogP contribution in [0.4, 0.5) is 0 Å². The predicted molar refractivity (Wildman–Crippen MR) is 86.8 cm³/mol. The highest BCUT2D eigenvalue weighted by atomic mass is 32.1. The normalized spacial score (nSPS) is 10.6. The first-order valence-corrected chi connectivity index (χ1v) is 7.86. The molecule has 4 nitrogen and oxygen atoms in total. The van der Waals surface area contributed by atoms with Gasteiger partial charge in [-0.25, -0.2) is 4.98 Å². The quantitative estimate of drug-likeness (QED) is 0.807. The van der Waals surface area contributed by atoms with Crippen molar-refractivity contribution in [1.82, 2.24) is 15.6 Å². The number of hydrogen-bond acceptors (Lipinski definition) is 4. The van der Waals surface area contributed by atoms with Crippen LogP contribution in [0.1, 0.15) is 31.5 Å². The van der Waals surface area contributed by atoms with Crippen molar-refractivity contribution in [3.8, 4) is 0 Å². The van der Waals surface area contributed by atoms with Gasteiger partial charge in [-0.15, -0.1) is 11.3 Å². The fraction of sp³-hybridized carbons (Fsp3) is 0.375. The molecule has 2 aromatic rings. The largest absolute Gasteiger partial charge is 0.351 e. The summed E-state index contributed by atoms with van der Waals surface area (Å²) in [4.78, 5) is 17.6. The fourth-order valence-electron chi connectivity index (χ4n) is 1.88. The fourth-order valence-corrected chi connectivity index (χ4v) is 2.79. The summed E-state index contributed by atoms with van der Waals surface area (Å²) < 4.78 is 0. The number of thiazole rings is 1. The Morgan fingerprint density at radius 3 is 2.48 bits per heavy atom. The van der Waals surface area contributed by atoms with Gasteiger partial charge in [0.2, 0.25) is 0 Å². The Balaban J connectivity index is 1.67. The summed E-state index contributed by atoms with van der Waals surface area (Å²) in [6.45, 7) is 8.20. The van der Waals surface area contributed by atoms with Crippen molar-refractivity contribution < 1.29 is 4.79 Å². The van der Waals surface area contributed by atoms with Crippen molar-refractivity contribution >= 4 is 17.2 Å². The topological polar surface area (TPSA) is 54.0 Å². The second-order valence-electron chi connectivity index (χ2n) is 5.05. The van der Waals surface area contributed by atoms with Crippen molar-refractivity contribution in [1.29, 1.82) is 0 Å². The van der Waals surface area contributed by atoms with Crippen LogP contribution >= 0.6 is 11.3 Å². The van der Waals surface area contributed by atoms with Crippen LogP contribution in [0.2, 0.25) is 0 Å². The molecule has 21 heavy (non-hydrogen) atoms. The number of aromatic nitrogens is 1. The molecule has 0 unspecified atom stereocenters. The van der Waals surface area contributed by atoms with Gasteiger partial charge in [-0.05, 0) is 32.9 Å². The molecule has 5 heteroatoms. The molecule has 0 aliphatic carbocycles. The lowest BCUT2D eigenvalue weighted by atomic mass is 10.1. The van der Waals surface area contributed by atoms with E-state index in [1.165, 1.54) is 4.88 Å². The van der Waals surface area contributed by atoms with Gasteiger partial charge in [0.05, 0.1) is 5.69 Å². The van der Waals surface area contributed by atoms with Crippen LogP contribution in [0.25, 0.3) is 0 Å². The van der Waals surface area contributed by atoms with E-state index in [9.17, 15) is 4.79 Å². The van der Waals surface area contributed by atoms with Gasteiger partial charge in [0.15, 0.2) is 0 Å². The standard InChI is InChI=1S/C16H21N3OS/c1-11-4-6-14(7-5-11)16(20)18-9-8-17-10-15-19-12(2)13(3)21-15/h4-7,17H,8-10H2,1-3H3,(H,18,20). The van der Waals surface area contributed by atoms with Gasteiger partial charge in [0, 0.05) is 30.1 Å². The Kier molecular flexibility index (Phi) is 5.47. The van der Waals surface area contributed by atoms with Crippen molar-refractivity contribution in [3.05, 3.63) is 51.0 Å². The summed E-state index contributed by atoms with van der Waals surface area (Å²) in [6, 6.07) is 7.58. The second-order valence-corrected chi connectivity index (χ2v) is 6.34. The second kappa shape index (κ2) is 7.33. The summed E-state index contributed by atoms with van der Waals surface area (Å²) in [6.07, 6.45) is 0. The molecular weight excluding hydrogens is 282 g/mol. The number of amides is 1. The minimum Gasteiger partial charge on any atom is -0.351 e. The van der Waals surface area contributed by atoms with E-state index >= 15 is 0 Å². The van der Waals surface area contributed by atoms with E-state index in [1.54, 1.807) is 11.3 Å². The van der Waals surface area contributed by atoms with Crippen LogP contribution in [0.5, 0.6) is 0 Å². The minimum absolute atomic E-state index is 0.0299. The SMILES string of the molecule is Cc1ccc(C(=O)NCCNCc2nc(C)c(C)s2)cc1. The van der Waals surface area contributed by atoms with Crippen molar-refractivity contribution in [3.63, 3.8) is 0 Å². The first-order chi connectivity index (χ1) is 10.1. The Morgan fingerprint density at radius 1 is 1.14 bits per heavy atom. The molecule has 1 aromatic heterocycles.